The fourth-order valence-electron chi connectivity index (χ4n) is 1.86. The van der Waals surface area contributed by atoms with E-state index in [1.165, 1.54) is 5.56 Å². The lowest BCUT2D eigenvalue weighted by Crippen LogP contribution is -1.93. The van der Waals surface area contributed by atoms with Gasteiger partial charge in [-0.05, 0) is 23.3 Å². The first-order chi connectivity index (χ1) is 8.33. The van der Waals surface area contributed by atoms with Gasteiger partial charge in [-0.2, -0.15) is 0 Å². The Labute approximate surface area is 98.9 Å². The minimum Gasteiger partial charge on any atom is -0.368 e. The van der Waals surface area contributed by atoms with E-state index in [-0.39, 0.29) is 0 Å². The van der Waals surface area contributed by atoms with Crippen molar-refractivity contribution in [1.82, 2.24) is 9.97 Å². The standard InChI is InChI=1S/C14H11N3/c15-14-16-9-12-8-11(6-7-13(12)17-14)10-4-2-1-3-5-10/h1-9H,(H2,15,16,17). The fourth-order valence-corrected chi connectivity index (χ4v) is 1.86. The van der Waals surface area contributed by atoms with Crippen LogP contribution in [0.3, 0.4) is 0 Å². The zero-order valence-corrected chi connectivity index (χ0v) is 9.17. The summed E-state index contributed by atoms with van der Waals surface area (Å²) >= 11 is 0. The second-order valence-electron chi connectivity index (χ2n) is 3.87. The largest absolute Gasteiger partial charge is 0.368 e. The van der Waals surface area contributed by atoms with Crippen molar-refractivity contribution in [2.75, 3.05) is 5.73 Å². The highest BCUT2D eigenvalue weighted by Gasteiger charge is 2.00. The Balaban J connectivity index is 2.17. The minimum absolute atomic E-state index is 0.310. The zero-order chi connectivity index (χ0) is 11.7. The van der Waals surface area contributed by atoms with Gasteiger partial charge < -0.3 is 5.73 Å². The Hall–Kier alpha value is -2.42. The van der Waals surface area contributed by atoms with Crippen LogP contribution in [-0.4, -0.2) is 9.97 Å². The minimum atomic E-state index is 0.310. The van der Waals surface area contributed by atoms with Crippen LogP contribution in [0.25, 0.3) is 22.0 Å². The highest BCUT2D eigenvalue weighted by Crippen LogP contribution is 2.23. The number of nitrogens with zero attached hydrogens (tertiary/aromatic N) is 2. The molecule has 0 atom stereocenters. The van der Waals surface area contributed by atoms with Crippen LogP contribution in [0.2, 0.25) is 0 Å². The quantitative estimate of drug-likeness (QED) is 0.687. The molecule has 1 aromatic heterocycles. The van der Waals surface area contributed by atoms with Crippen molar-refractivity contribution in [3.63, 3.8) is 0 Å². The molecule has 0 spiro atoms. The molecule has 0 saturated heterocycles. The first-order valence-corrected chi connectivity index (χ1v) is 5.41. The average Bonchev–Trinajstić information content (AvgIpc) is 2.39. The second-order valence-corrected chi connectivity index (χ2v) is 3.87. The number of anilines is 1. The molecular weight excluding hydrogens is 210 g/mol. The van der Waals surface area contributed by atoms with Crippen molar-refractivity contribution in [3.8, 4) is 11.1 Å². The van der Waals surface area contributed by atoms with E-state index in [4.69, 9.17) is 5.73 Å². The van der Waals surface area contributed by atoms with Crippen LogP contribution in [0.1, 0.15) is 0 Å². The van der Waals surface area contributed by atoms with Gasteiger partial charge in [0.25, 0.3) is 0 Å². The molecular formula is C14H11N3. The molecule has 2 N–H and O–H groups in total. The predicted molar refractivity (Wildman–Crippen MR) is 69.4 cm³/mol. The maximum atomic E-state index is 5.55. The van der Waals surface area contributed by atoms with E-state index in [0.717, 1.165) is 16.5 Å². The molecule has 2 aromatic carbocycles. The molecule has 0 saturated carbocycles. The van der Waals surface area contributed by atoms with Gasteiger partial charge in [0.1, 0.15) is 0 Å². The van der Waals surface area contributed by atoms with Gasteiger partial charge in [-0.3, -0.25) is 0 Å². The number of nitrogen functional groups attached to an aromatic ring is 1. The molecule has 3 heteroatoms. The highest BCUT2D eigenvalue weighted by molar-refractivity contribution is 5.84. The summed E-state index contributed by atoms with van der Waals surface area (Å²) in [6.45, 7) is 0. The number of nitrogens with two attached hydrogens (primary N) is 1. The first-order valence-electron chi connectivity index (χ1n) is 5.41. The summed E-state index contributed by atoms with van der Waals surface area (Å²) in [5, 5.41) is 1.00. The van der Waals surface area contributed by atoms with Crippen LogP contribution in [0.4, 0.5) is 5.95 Å². The van der Waals surface area contributed by atoms with Crippen LogP contribution < -0.4 is 5.73 Å². The van der Waals surface area contributed by atoms with Gasteiger partial charge in [-0.1, -0.05) is 36.4 Å². The maximum Gasteiger partial charge on any atom is 0.220 e. The predicted octanol–water partition coefficient (Wildman–Crippen LogP) is 2.88. The number of benzene rings is 2. The van der Waals surface area contributed by atoms with Crippen molar-refractivity contribution in [2.24, 2.45) is 0 Å². The summed E-state index contributed by atoms with van der Waals surface area (Å²) in [7, 11) is 0. The lowest BCUT2D eigenvalue weighted by atomic mass is 10.0. The van der Waals surface area contributed by atoms with Crippen LogP contribution in [0, 0.1) is 0 Å². The van der Waals surface area contributed by atoms with E-state index in [1.54, 1.807) is 6.20 Å². The van der Waals surface area contributed by atoms with Gasteiger partial charge >= 0.3 is 0 Å². The molecule has 0 unspecified atom stereocenters. The van der Waals surface area contributed by atoms with Crippen LogP contribution >= 0.6 is 0 Å². The number of aromatic nitrogens is 2. The van der Waals surface area contributed by atoms with Gasteiger partial charge in [-0.15, -0.1) is 0 Å². The molecule has 82 valence electrons. The van der Waals surface area contributed by atoms with Crippen LogP contribution in [0.15, 0.2) is 54.7 Å². The molecule has 0 fully saturated rings. The van der Waals surface area contributed by atoms with Gasteiger partial charge in [0, 0.05) is 11.6 Å². The molecule has 0 aliphatic carbocycles. The Morgan fingerprint density at radius 3 is 2.53 bits per heavy atom. The fraction of sp³-hybridized carbons (Fsp3) is 0. The first kappa shape index (κ1) is 9.78. The average molecular weight is 221 g/mol. The van der Waals surface area contributed by atoms with Gasteiger partial charge in [0.15, 0.2) is 0 Å². The highest BCUT2D eigenvalue weighted by atomic mass is 15.0. The normalized spacial score (nSPS) is 10.6. The van der Waals surface area contributed by atoms with E-state index in [1.807, 2.05) is 30.3 Å². The molecule has 3 aromatic rings. The van der Waals surface area contributed by atoms with E-state index in [2.05, 4.69) is 28.2 Å². The molecule has 0 aliphatic heterocycles. The number of fused-ring (bicyclic) bond motifs is 1. The third-order valence-corrected chi connectivity index (χ3v) is 2.71. The molecule has 0 amide bonds. The topological polar surface area (TPSA) is 51.8 Å². The van der Waals surface area contributed by atoms with Gasteiger partial charge in [0.05, 0.1) is 5.52 Å². The molecule has 17 heavy (non-hydrogen) atoms. The van der Waals surface area contributed by atoms with Crippen molar-refractivity contribution in [3.05, 3.63) is 54.7 Å². The third-order valence-electron chi connectivity index (χ3n) is 2.71. The van der Waals surface area contributed by atoms with E-state index in [9.17, 15) is 0 Å². The summed E-state index contributed by atoms with van der Waals surface area (Å²) in [4.78, 5) is 8.19. The number of hydrogen-bond acceptors (Lipinski definition) is 3. The van der Waals surface area contributed by atoms with Crippen molar-refractivity contribution in [1.29, 1.82) is 0 Å². The Morgan fingerprint density at radius 2 is 1.71 bits per heavy atom. The van der Waals surface area contributed by atoms with Crippen molar-refractivity contribution >= 4 is 16.9 Å². The van der Waals surface area contributed by atoms with E-state index >= 15 is 0 Å². The van der Waals surface area contributed by atoms with Gasteiger partial charge in [-0.25, -0.2) is 9.97 Å². The van der Waals surface area contributed by atoms with Crippen LogP contribution in [0.5, 0.6) is 0 Å². The molecule has 0 radical (unpaired) electrons. The smallest absolute Gasteiger partial charge is 0.220 e. The third kappa shape index (κ3) is 1.83. The Kier molecular flexibility index (Phi) is 2.22. The van der Waals surface area contributed by atoms with Crippen LogP contribution in [-0.2, 0) is 0 Å². The van der Waals surface area contributed by atoms with Crippen molar-refractivity contribution < 1.29 is 0 Å². The molecule has 3 nitrogen and oxygen atoms in total. The number of hydrogen-bond donors (Lipinski definition) is 1. The lowest BCUT2D eigenvalue weighted by Gasteiger charge is -2.03. The lowest BCUT2D eigenvalue weighted by molar-refractivity contribution is 1.24. The summed E-state index contributed by atoms with van der Waals surface area (Å²) < 4.78 is 0. The Morgan fingerprint density at radius 1 is 0.882 bits per heavy atom. The zero-order valence-electron chi connectivity index (χ0n) is 9.17. The second kappa shape index (κ2) is 3.87. The molecule has 3 rings (SSSR count). The summed E-state index contributed by atoms with van der Waals surface area (Å²) in [5.74, 6) is 0.310. The summed E-state index contributed by atoms with van der Waals surface area (Å²) in [5.41, 5.74) is 8.77. The van der Waals surface area contributed by atoms with E-state index < -0.39 is 0 Å². The molecule has 0 aliphatic rings. The Bertz CT molecular complexity index is 663. The monoisotopic (exact) mass is 221 g/mol. The summed E-state index contributed by atoms with van der Waals surface area (Å²) in [6.07, 6.45) is 1.75. The van der Waals surface area contributed by atoms with E-state index in [0.29, 0.717) is 5.95 Å². The maximum absolute atomic E-state index is 5.55. The molecule has 0 bridgehead atoms. The SMILES string of the molecule is Nc1ncc2cc(-c3ccccc3)ccc2n1. The van der Waals surface area contributed by atoms with Gasteiger partial charge in [0.2, 0.25) is 5.95 Å². The number of rotatable bonds is 1. The summed E-state index contributed by atoms with van der Waals surface area (Å²) in [6, 6.07) is 16.3. The molecule has 1 heterocycles. The van der Waals surface area contributed by atoms with Crippen molar-refractivity contribution in [2.45, 2.75) is 0 Å².